The van der Waals surface area contributed by atoms with Gasteiger partial charge in [0.1, 0.15) is 23.7 Å². The van der Waals surface area contributed by atoms with E-state index in [1.807, 2.05) is 18.2 Å². The fraction of sp³-hybridized carbons (Fsp3) is 0.136. The molecule has 1 atom stereocenters. The molecule has 0 aliphatic carbocycles. The third kappa shape index (κ3) is 4.05. The number of hydrogen-bond acceptors (Lipinski definition) is 8. The number of nitrogens with two attached hydrogens (primary N) is 1. The topological polar surface area (TPSA) is 148 Å². The van der Waals surface area contributed by atoms with E-state index in [0.29, 0.717) is 11.3 Å². The Balaban J connectivity index is 1.83. The number of carboxylic acid groups (broad SMARTS) is 1. The summed E-state index contributed by atoms with van der Waals surface area (Å²) in [6, 6.07) is 16.5. The summed E-state index contributed by atoms with van der Waals surface area (Å²) in [7, 11) is -4.19. The highest BCUT2D eigenvalue weighted by molar-refractivity contribution is 7.92. The molecule has 32 heavy (non-hydrogen) atoms. The van der Waals surface area contributed by atoms with Crippen LogP contribution in [-0.2, 0) is 25.9 Å². The number of carboxylic acids is 1. The number of furan rings is 1. The first kappa shape index (κ1) is 21.5. The summed E-state index contributed by atoms with van der Waals surface area (Å²) in [6.45, 7) is -0.382. The van der Waals surface area contributed by atoms with E-state index < -0.39 is 20.7 Å². The highest BCUT2D eigenvalue weighted by Crippen LogP contribution is 2.35. The van der Waals surface area contributed by atoms with Crippen LogP contribution in [0.2, 0.25) is 0 Å². The van der Waals surface area contributed by atoms with E-state index >= 15 is 0 Å². The van der Waals surface area contributed by atoms with Crippen molar-refractivity contribution in [3.8, 4) is 0 Å². The van der Waals surface area contributed by atoms with Crippen molar-refractivity contribution >= 4 is 32.6 Å². The van der Waals surface area contributed by atoms with Gasteiger partial charge in [-0.25, -0.2) is 13.4 Å². The van der Waals surface area contributed by atoms with Crippen molar-refractivity contribution in [1.29, 1.82) is 0 Å². The minimum Gasteiger partial charge on any atom is -0.480 e. The maximum atomic E-state index is 13.7. The molecule has 1 aromatic carbocycles. The minimum atomic E-state index is -4.19. The average molecular weight is 452 g/mol. The summed E-state index contributed by atoms with van der Waals surface area (Å²) in [5, 5.41) is 12.4. The molecular formula is C22H20N4O5S. The van der Waals surface area contributed by atoms with Gasteiger partial charge in [-0.2, -0.15) is 0 Å². The molecule has 4 N–H and O–H groups in total. The molecule has 0 fully saturated rings. The van der Waals surface area contributed by atoms with Crippen LogP contribution in [0.4, 0.5) is 5.82 Å². The van der Waals surface area contributed by atoms with Gasteiger partial charge in [0.2, 0.25) is 9.84 Å². The second kappa shape index (κ2) is 8.40. The number of rotatable bonds is 8. The molecule has 0 aliphatic rings. The van der Waals surface area contributed by atoms with Crippen LogP contribution in [-0.4, -0.2) is 36.0 Å². The molecular weight excluding hydrogens is 432 g/mol. The van der Waals surface area contributed by atoms with Crippen LogP contribution in [0, 0.1) is 0 Å². The van der Waals surface area contributed by atoms with E-state index in [-0.39, 0.29) is 29.4 Å². The van der Waals surface area contributed by atoms with E-state index in [4.69, 9.17) is 15.3 Å². The number of hydrogen-bond donors (Lipinski definition) is 3. The third-order valence-electron chi connectivity index (χ3n) is 4.94. The lowest BCUT2D eigenvalue weighted by Gasteiger charge is -2.28. The minimum absolute atomic E-state index is 0.0391. The van der Waals surface area contributed by atoms with Gasteiger partial charge in [0, 0.05) is 24.2 Å². The summed E-state index contributed by atoms with van der Waals surface area (Å²) in [6.07, 6.45) is 2.49. The van der Waals surface area contributed by atoms with Gasteiger partial charge in [0.25, 0.3) is 0 Å². The van der Waals surface area contributed by atoms with Crippen molar-refractivity contribution in [3.63, 3.8) is 0 Å². The highest BCUT2D eigenvalue weighted by Gasteiger charge is 2.45. The van der Waals surface area contributed by atoms with Crippen molar-refractivity contribution < 1.29 is 22.7 Å². The average Bonchev–Trinajstić information content (AvgIpc) is 3.20. The maximum absolute atomic E-state index is 13.7. The number of nitrogens with zero attached hydrogens (tertiary/aromatic N) is 2. The number of anilines is 1. The number of para-hydroxylation sites is 1. The number of fused-ring (bicyclic) bond motifs is 1. The van der Waals surface area contributed by atoms with Crippen LogP contribution in [0.15, 0.2) is 82.4 Å². The number of carbonyl (C=O) groups is 1. The zero-order valence-corrected chi connectivity index (χ0v) is 17.6. The molecule has 0 radical (unpaired) electrons. The van der Waals surface area contributed by atoms with Gasteiger partial charge < -0.3 is 20.6 Å². The van der Waals surface area contributed by atoms with Gasteiger partial charge in [-0.05, 0) is 36.4 Å². The van der Waals surface area contributed by atoms with E-state index in [1.165, 1.54) is 36.7 Å². The van der Waals surface area contributed by atoms with E-state index in [1.54, 1.807) is 18.2 Å². The molecule has 0 saturated carbocycles. The summed E-state index contributed by atoms with van der Waals surface area (Å²) in [5.74, 6) is -0.529. The Morgan fingerprint density at radius 3 is 2.66 bits per heavy atom. The number of nitrogens with one attached hydrogen (secondary N) is 1. The Hall–Kier alpha value is -3.76. The molecule has 164 valence electrons. The molecule has 3 aromatic heterocycles. The van der Waals surface area contributed by atoms with Gasteiger partial charge in [0.15, 0.2) is 4.87 Å². The fourth-order valence-electron chi connectivity index (χ4n) is 3.36. The zero-order valence-electron chi connectivity index (χ0n) is 16.8. The molecule has 10 heteroatoms. The first-order valence-corrected chi connectivity index (χ1v) is 11.1. The Morgan fingerprint density at radius 2 is 1.94 bits per heavy atom. The number of pyridine rings is 2. The van der Waals surface area contributed by atoms with Crippen LogP contribution in [0.1, 0.15) is 11.5 Å². The lowest BCUT2D eigenvalue weighted by atomic mass is 10.1. The Bertz CT molecular complexity index is 1340. The largest absolute Gasteiger partial charge is 0.480 e. The standard InChI is InChI=1S/C22H20N4O5S/c23-22(32(29,30)17-6-4-10-24-13-17,12-16-11-15-5-1-2-7-18(15)31-16)19-8-3-9-20(26-19)25-14-21(27)28/h1-11,13H,12,14,23H2,(H,25,26)(H,27,28). The molecule has 3 heterocycles. The molecule has 4 rings (SSSR count). The number of aliphatic carboxylic acids is 1. The van der Waals surface area contributed by atoms with E-state index in [2.05, 4.69) is 15.3 Å². The smallest absolute Gasteiger partial charge is 0.322 e. The Morgan fingerprint density at radius 1 is 1.12 bits per heavy atom. The van der Waals surface area contributed by atoms with Gasteiger partial charge in [-0.3, -0.25) is 9.78 Å². The van der Waals surface area contributed by atoms with Crippen molar-refractivity contribution in [2.75, 3.05) is 11.9 Å². The molecule has 0 aliphatic heterocycles. The highest BCUT2D eigenvalue weighted by atomic mass is 32.2. The predicted molar refractivity (Wildman–Crippen MR) is 118 cm³/mol. The van der Waals surface area contributed by atoms with E-state index in [9.17, 15) is 13.2 Å². The van der Waals surface area contributed by atoms with Crippen LogP contribution < -0.4 is 11.1 Å². The second-order valence-electron chi connectivity index (χ2n) is 7.16. The number of aromatic nitrogens is 2. The summed E-state index contributed by atoms with van der Waals surface area (Å²) in [4.78, 5) is 17.0. The van der Waals surface area contributed by atoms with Crippen molar-refractivity contribution in [2.45, 2.75) is 16.2 Å². The summed E-state index contributed by atoms with van der Waals surface area (Å²) < 4.78 is 33.2. The quantitative estimate of drug-likeness (QED) is 0.367. The van der Waals surface area contributed by atoms with Crippen LogP contribution >= 0.6 is 0 Å². The second-order valence-corrected chi connectivity index (χ2v) is 9.37. The number of benzene rings is 1. The number of sulfone groups is 1. The lowest BCUT2D eigenvalue weighted by Crippen LogP contribution is -2.47. The molecule has 9 nitrogen and oxygen atoms in total. The van der Waals surface area contributed by atoms with Crippen LogP contribution in [0.3, 0.4) is 0 Å². The summed E-state index contributed by atoms with van der Waals surface area (Å²) >= 11 is 0. The van der Waals surface area contributed by atoms with Crippen LogP contribution in [0.25, 0.3) is 11.0 Å². The zero-order chi connectivity index (χ0) is 22.8. The van der Waals surface area contributed by atoms with Crippen molar-refractivity contribution in [3.05, 3.63) is 84.5 Å². The molecule has 0 saturated heterocycles. The SMILES string of the molecule is NC(Cc1cc2ccccc2o1)(c1cccc(NCC(=O)O)n1)S(=O)(=O)c1cccnc1. The molecule has 0 spiro atoms. The first-order chi connectivity index (χ1) is 15.3. The first-order valence-electron chi connectivity index (χ1n) is 9.64. The summed E-state index contributed by atoms with van der Waals surface area (Å²) in [5.41, 5.74) is 7.27. The Kier molecular flexibility index (Phi) is 5.64. The Labute approximate surface area is 183 Å². The normalized spacial score (nSPS) is 13.5. The van der Waals surface area contributed by atoms with Crippen molar-refractivity contribution in [1.82, 2.24) is 9.97 Å². The van der Waals surface area contributed by atoms with Gasteiger partial charge in [-0.15, -0.1) is 0 Å². The lowest BCUT2D eigenvalue weighted by molar-refractivity contribution is -0.134. The predicted octanol–water partition coefficient (Wildman–Crippen LogP) is 2.55. The molecule has 0 amide bonds. The monoisotopic (exact) mass is 452 g/mol. The van der Waals surface area contributed by atoms with Gasteiger partial charge in [0.05, 0.1) is 10.6 Å². The van der Waals surface area contributed by atoms with Crippen molar-refractivity contribution in [2.24, 2.45) is 5.73 Å². The fourth-order valence-corrected chi connectivity index (χ4v) is 4.96. The van der Waals surface area contributed by atoms with Gasteiger partial charge in [-0.1, -0.05) is 24.3 Å². The van der Waals surface area contributed by atoms with Gasteiger partial charge >= 0.3 is 5.97 Å². The van der Waals surface area contributed by atoms with E-state index in [0.717, 1.165) is 5.39 Å². The van der Waals surface area contributed by atoms with Crippen LogP contribution in [0.5, 0.6) is 0 Å². The third-order valence-corrected chi connectivity index (χ3v) is 7.12. The molecule has 0 bridgehead atoms. The molecule has 4 aromatic rings. The molecule has 1 unspecified atom stereocenters. The maximum Gasteiger partial charge on any atom is 0.322 e.